The molecule has 0 aliphatic carbocycles. The molecule has 0 fully saturated rings. The molecule has 0 aliphatic heterocycles. The molecule has 3 rings (SSSR count). The van der Waals surface area contributed by atoms with Gasteiger partial charge in [-0.3, -0.25) is 4.79 Å². The molecule has 3 nitrogen and oxygen atoms in total. The molecule has 0 atom stereocenters. The van der Waals surface area contributed by atoms with Gasteiger partial charge in [0.1, 0.15) is 5.75 Å². The van der Waals surface area contributed by atoms with E-state index in [2.05, 4.69) is 17.4 Å². The van der Waals surface area contributed by atoms with Gasteiger partial charge in [0.2, 0.25) is 0 Å². The van der Waals surface area contributed by atoms with E-state index in [0.29, 0.717) is 27.9 Å². The summed E-state index contributed by atoms with van der Waals surface area (Å²) in [7, 11) is 0. The van der Waals surface area contributed by atoms with Crippen LogP contribution in [-0.2, 0) is 6.42 Å². The number of rotatable bonds is 6. The average Bonchev–Trinajstić information content (AvgIpc) is 2.67. The first-order valence-corrected chi connectivity index (χ1v) is 8.91. The second-order valence-electron chi connectivity index (χ2n) is 5.66. The van der Waals surface area contributed by atoms with Crippen LogP contribution in [0.1, 0.15) is 15.9 Å². The summed E-state index contributed by atoms with van der Waals surface area (Å²) in [5.41, 5.74) is 2.21. The number of carbonyl (C=O) groups excluding carboxylic acids is 1. The fraction of sp³-hybridized carbons (Fsp3) is 0.0952. The fourth-order valence-corrected chi connectivity index (χ4v) is 2.78. The maximum absolute atomic E-state index is 12.3. The standard InChI is InChI=1S/C21H17Cl2NO2/c22-18-7-4-8-19(20(18)23)24-21(25)16-9-11-17(12-10-16)26-14-13-15-5-2-1-3-6-15/h1-12H,13-14H2,(H,24,25). The van der Waals surface area contributed by atoms with Crippen molar-refractivity contribution < 1.29 is 9.53 Å². The van der Waals surface area contributed by atoms with Crippen LogP contribution in [-0.4, -0.2) is 12.5 Å². The van der Waals surface area contributed by atoms with Gasteiger partial charge in [0.25, 0.3) is 5.91 Å². The van der Waals surface area contributed by atoms with Crippen LogP contribution in [0.15, 0.2) is 72.8 Å². The molecule has 0 unspecified atom stereocenters. The molecule has 0 aromatic heterocycles. The lowest BCUT2D eigenvalue weighted by atomic mass is 10.2. The molecule has 1 amide bonds. The van der Waals surface area contributed by atoms with E-state index < -0.39 is 0 Å². The molecule has 26 heavy (non-hydrogen) atoms. The Morgan fingerprint density at radius 3 is 2.35 bits per heavy atom. The summed E-state index contributed by atoms with van der Waals surface area (Å²) < 4.78 is 5.73. The van der Waals surface area contributed by atoms with Gasteiger partial charge in [-0.2, -0.15) is 0 Å². The van der Waals surface area contributed by atoms with Gasteiger partial charge in [-0.05, 0) is 42.0 Å². The second-order valence-corrected chi connectivity index (χ2v) is 6.45. The minimum absolute atomic E-state index is 0.259. The van der Waals surface area contributed by atoms with Gasteiger partial charge in [0.05, 0.1) is 22.3 Å². The molecular weight excluding hydrogens is 369 g/mol. The number of carbonyl (C=O) groups is 1. The Morgan fingerprint density at radius 2 is 1.62 bits per heavy atom. The van der Waals surface area contributed by atoms with Crippen molar-refractivity contribution in [3.05, 3.63) is 94.0 Å². The van der Waals surface area contributed by atoms with Crippen molar-refractivity contribution in [1.82, 2.24) is 0 Å². The van der Waals surface area contributed by atoms with E-state index in [1.807, 2.05) is 18.2 Å². The summed E-state index contributed by atoms with van der Waals surface area (Å²) in [6, 6.07) is 22.2. The Kier molecular flexibility index (Phi) is 6.16. The van der Waals surface area contributed by atoms with E-state index in [1.54, 1.807) is 42.5 Å². The number of benzene rings is 3. The zero-order valence-corrected chi connectivity index (χ0v) is 15.4. The summed E-state index contributed by atoms with van der Waals surface area (Å²) >= 11 is 12.0. The molecule has 3 aromatic rings. The summed E-state index contributed by atoms with van der Waals surface area (Å²) in [6.45, 7) is 0.577. The topological polar surface area (TPSA) is 38.3 Å². The van der Waals surface area contributed by atoms with Crippen LogP contribution in [0.4, 0.5) is 5.69 Å². The predicted molar refractivity (Wildman–Crippen MR) is 106 cm³/mol. The van der Waals surface area contributed by atoms with E-state index in [-0.39, 0.29) is 5.91 Å². The molecule has 0 heterocycles. The van der Waals surface area contributed by atoms with Crippen molar-refractivity contribution in [2.75, 3.05) is 11.9 Å². The quantitative estimate of drug-likeness (QED) is 0.576. The maximum Gasteiger partial charge on any atom is 0.255 e. The molecule has 1 N–H and O–H groups in total. The van der Waals surface area contributed by atoms with Crippen LogP contribution in [0.25, 0.3) is 0 Å². The lowest BCUT2D eigenvalue weighted by molar-refractivity contribution is 0.102. The first-order valence-electron chi connectivity index (χ1n) is 8.15. The Bertz CT molecular complexity index is 880. The summed E-state index contributed by atoms with van der Waals surface area (Å²) in [6.07, 6.45) is 0.830. The van der Waals surface area contributed by atoms with Gasteiger partial charge < -0.3 is 10.1 Å². The third-order valence-corrected chi connectivity index (χ3v) is 4.64. The van der Waals surface area contributed by atoms with Crippen LogP contribution in [0, 0.1) is 0 Å². The molecule has 0 saturated carbocycles. The predicted octanol–water partition coefficient (Wildman–Crippen LogP) is 5.87. The van der Waals surface area contributed by atoms with Crippen molar-refractivity contribution in [3.63, 3.8) is 0 Å². The van der Waals surface area contributed by atoms with Crippen molar-refractivity contribution >= 4 is 34.8 Å². The van der Waals surface area contributed by atoms with E-state index in [4.69, 9.17) is 27.9 Å². The molecule has 0 spiro atoms. The number of anilines is 1. The smallest absolute Gasteiger partial charge is 0.255 e. The molecular formula is C21H17Cl2NO2. The number of ether oxygens (including phenoxy) is 1. The number of nitrogens with one attached hydrogen (secondary N) is 1. The fourth-order valence-electron chi connectivity index (χ4n) is 2.43. The van der Waals surface area contributed by atoms with Gasteiger partial charge in [-0.25, -0.2) is 0 Å². The first-order chi connectivity index (χ1) is 12.6. The normalized spacial score (nSPS) is 10.4. The highest BCUT2D eigenvalue weighted by Gasteiger charge is 2.10. The minimum atomic E-state index is -0.259. The third kappa shape index (κ3) is 4.78. The SMILES string of the molecule is O=C(Nc1cccc(Cl)c1Cl)c1ccc(OCCc2ccccc2)cc1. The van der Waals surface area contributed by atoms with Crippen LogP contribution in [0.3, 0.4) is 0 Å². The summed E-state index contributed by atoms with van der Waals surface area (Å²) in [5, 5.41) is 3.47. The van der Waals surface area contributed by atoms with E-state index in [9.17, 15) is 4.79 Å². The zero-order chi connectivity index (χ0) is 18.4. The van der Waals surface area contributed by atoms with Gasteiger partial charge in [0, 0.05) is 12.0 Å². The molecule has 0 bridgehead atoms. The summed E-state index contributed by atoms with van der Waals surface area (Å²) in [5.74, 6) is 0.461. The number of amides is 1. The van der Waals surface area contributed by atoms with Gasteiger partial charge in [-0.1, -0.05) is 59.6 Å². The summed E-state index contributed by atoms with van der Waals surface area (Å²) in [4.78, 5) is 12.3. The number of hydrogen-bond acceptors (Lipinski definition) is 2. The van der Waals surface area contributed by atoms with Crippen LogP contribution >= 0.6 is 23.2 Å². The average molecular weight is 386 g/mol. The highest BCUT2D eigenvalue weighted by Crippen LogP contribution is 2.29. The molecule has 132 valence electrons. The Balaban J connectivity index is 1.56. The minimum Gasteiger partial charge on any atom is -0.493 e. The van der Waals surface area contributed by atoms with Gasteiger partial charge in [0.15, 0.2) is 0 Å². The zero-order valence-electron chi connectivity index (χ0n) is 13.9. The molecule has 5 heteroatoms. The molecule has 0 aliphatic rings. The van der Waals surface area contributed by atoms with Crippen LogP contribution < -0.4 is 10.1 Å². The van der Waals surface area contributed by atoms with Crippen LogP contribution in [0.5, 0.6) is 5.75 Å². The van der Waals surface area contributed by atoms with Crippen molar-refractivity contribution in [2.45, 2.75) is 6.42 Å². The van der Waals surface area contributed by atoms with E-state index in [1.165, 1.54) is 5.56 Å². The highest BCUT2D eigenvalue weighted by atomic mass is 35.5. The molecule has 3 aromatic carbocycles. The Labute approximate surface area is 162 Å². The Morgan fingerprint density at radius 1 is 0.885 bits per heavy atom. The Hall–Kier alpha value is -2.49. The van der Waals surface area contributed by atoms with Crippen molar-refractivity contribution in [3.8, 4) is 5.75 Å². The lowest BCUT2D eigenvalue weighted by Gasteiger charge is -2.09. The molecule has 0 saturated heterocycles. The van der Waals surface area contributed by atoms with Crippen molar-refractivity contribution in [1.29, 1.82) is 0 Å². The highest BCUT2D eigenvalue weighted by molar-refractivity contribution is 6.44. The molecule has 0 radical (unpaired) electrons. The lowest BCUT2D eigenvalue weighted by Crippen LogP contribution is -2.12. The van der Waals surface area contributed by atoms with Gasteiger partial charge in [-0.15, -0.1) is 0 Å². The third-order valence-electron chi connectivity index (χ3n) is 3.82. The monoisotopic (exact) mass is 385 g/mol. The first kappa shape index (κ1) is 18.3. The second kappa shape index (κ2) is 8.75. The van der Waals surface area contributed by atoms with Crippen molar-refractivity contribution in [2.24, 2.45) is 0 Å². The van der Waals surface area contributed by atoms with Gasteiger partial charge >= 0.3 is 0 Å². The number of hydrogen-bond donors (Lipinski definition) is 1. The van der Waals surface area contributed by atoms with Crippen LogP contribution in [0.2, 0.25) is 10.0 Å². The largest absolute Gasteiger partial charge is 0.493 e. The number of halogens is 2. The maximum atomic E-state index is 12.3. The van der Waals surface area contributed by atoms with E-state index >= 15 is 0 Å². The van der Waals surface area contributed by atoms with E-state index in [0.717, 1.165) is 12.2 Å².